The zero-order valence-corrected chi connectivity index (χ0v) is 14.0. The van der Waals surface area contributed by atoms with Gasteiger partial charge in [0.1, 0.15) is 11.9 Å². The Hall–Kier alpha value is -1.10. The van der Waals surface area contributed by atoms with Crippen LogP contribution in [0.3, 0.4) is 0 Å². The van der Waals surface area contributed by atoms with Crippen LogP contribution in [0, 0.1) is 11.3 Å². The smallest absolute Gasteiger partial charge is 0.410 e. The summed E-state index contributed by atoms with van der Waals surface area (Å²) in [5, 5.41) is 0. The van der Waals surface area contributed by atoms with Gasteiger partial charge in [-0.25, -0.2) is 4.79 Å². The van der Waals surface area contributed by atoms with Crippen LogP contribution in [0.2, 0.25) is 0 Å². The van der Waals surface area contributed by atoms with Crippen molar-refractivity contribution in [3.63, 3.8) is 0 Å². The second-order valence-electron chi connectivity index (χ2n) is 6.90. The summed E-state index contributed by atoms with van der Waals surface area (Å²) in [5.41, 5.74) is -0.401. The van der Waals surface area contributed by atoms with Crippen molar-refractivity contribution in [1.82, 2.24) is 4.90 Å². The lowest BCUT2D eigenvalue weighted by Gasteiger charge is -2.40. The zero-order valence-electron chi connectivity index (χ0n) is 14.0. The molecule has 1 spiro atoms. The molecule has 0 aromatic carbocycles. The third-order valence-corrected chi connectivity index (χ3v) is 4.16. The van der Waals surface area contributed by atoms with E-state index in [1.165, 1.54) is 6.42 Å². The molecule has 1 saturated heterocycles. The summed E-state index contributed by atoms with van der Waals surface area (Å²) in [5.74, 6) is 0.00349. The number of amides is 1. The number of likely N-dealkylation sites (tertiary alicyclic amines) is 1. The molecule has 1 aliphatic carbocycles. The van der Waals surface area contributed by atoms with E-state index in [0.29, 0.717) is 13.1 Å². The van der Waals surface area contributed by atoms with E-state index >= 15 is 0 Å². The maximum Gasteiger partial charge on any atom is 0.410 e. The Morgan fingerprint density at radius 2 is 1.95 bits per heavy atom. The molecule has 1 saturated carbocycles. The number of hydrogen-bond acceptors (Lipinski definition) is 4. The molecule has 0 bridgehead atoms. The van der Waals surface area contributed by atoms with Gasteiger partial charge < -0.3 is 19.2 Å². The summed E-state index contributed by atoms with van der Waals surface area (Å²) in [6.07, 6.45) is 4.04. The predicted molar refractivity (Wildman–Crippen MR) is 81.2 cm³/mol. The molecular formula is C16H29NO4. The normalized spacial score (nSPS) is 23.1. The molecule has 21 heavy (non-hydrogen) atoms. The van der Waals surface area contributed by atoms with E-state index < -0.39 is 5.60 Å². The third kappa shape index (κ3) is 4.70. The Morgan fingerprint density at radius 1 is 1.38 bits per heavy atom. The van der Waals surface area contributed by atoms with Gasteiger partial charge in [-0.2, -0.15) is 0 Å². The van der Waals surface area contributed by atoms with Crippen LogP contribution in [0.1, 0.15) is 47.0 Å². The maximum absolute atomic E-state index is 11.9. The van der Waals surface area contributed by atoms with Crippen LogP contribution >= 0.6 is 0 Å². The molecule has 1 amide bonds. The number of rotatable bonds is 2. The average Bonchev–Trinajstić information content (AvgIpc) is 2.76. The van der Waals surface area contributed by atoms with Crippen molar-refractivity contribution < 1.29 is 19.1 Å². The van der Waals surface area contributed by atoms with Crippen LogP contribution in [-0.2, 0) is 14.3 Å². The molecule has 122 valence electrons. The molecule has 2 rings (SSSR count). The number of hydrogen-bond donors (Lipinski definition) is 0. The minimum absolute atomic E-state index is 0.00349. The first kappa shape index (κ1) is 18.0. The molecule has 0 aromatic heterocycles. The number of carbonyl (C=O) groups is 2. The fourth-order valence-electron chi connectivity index (χ4n) is 2.81. The summed E-state index contributed by atoms with van der Waals surface area (Å²) in [7, 11) is 1.68. The molecular weight excluding hydrogens is 270 g/mol. The van der Waals surface area contributed by atoms with Crippen LogP contribution in [-0.4, -0.2) is 49.7 Å². The minimum atomic E-state index is -0.469. The molecule has 5 nitrogen and oxygen atoms in total. The van der Waals surface area contributed by atoms with Gasteiger partial charge in [0.15, 0.2) is 0 Å². The molecule has 0 N–H and O–H groups in total. The van der Waals surface area contributed by atoms with Crippen molar-refractivity contribution in [3.05, 3.63) is 0 Å². The van der Waals surface area contributed by atoms with Gasteiger partial charge in [0.2, 0.25) is 0 Å². The van der Waals surface area contributed by atoms with Gasteiger partial charge in [0, 0.05) is 32.7 Å². The van der Waals surface area contributed by atoms with Crippen molar-refractivity contribution in [2.24, 2.45) is 11.3 Å². The summed E-state index contributed by atoms with van der Waals surface area (Å²) in [6.45, 7) is 9.57. The number of carbonyl (C=O) groups excluding carboxylic acids is 2. The molecule has 1 unspecified atom stereocenters. The van der Waals surface area contributed by atoms with E-state index in [1.807, 2.05) is 27.7 Å². The van der Waals surface area contributed by atoms with Crippen LogP contribution in [0.4, 0.5) is 4.79 Å². The van der Waals surface area contributed by atoms with E-state index in [0.717, 1.165) is 25.7 Å². The van der Waals surface area contributed by atoms with Gasteiger partial charge in [0.05, 0.1) is 0 Å². The van der Waals surface area contributed by atoms with Crippen LogP contribution in [0.25, 0.3) is 0 Å². The molecule has 1 atom stereocenters. The minimum Gasteiger partial charge on any atom is -0.444 e. The Bertz CT molecular complexity index is 356. The van der Waals surface area contributed by atoms with Crippen molar-refractivity contribution in [3.8, 4) is 0 Å². The van der Waals surface area contributed by atoms with Crippen molar-refractivity contribution >= 4 is 12.4 Å². The third-order valence-electron chi connectivity index (χ3n) is 4.16. The second kappa shape index (κ2) is 7.25. The van der Waals surface area contributed by atoms with E-state index in [2.05, 4.69) is 4.74 Å². The monoisotopic (exact) mass is 299 g/mol. The van der Waals surface area contributed by atoms with Gasteiger partial charge in [-0.3, -0.25) is 0 Å². The maximum atomic E-state index is 11.9. The first-order valence-electron chi connectivity index (χ1n) is 7.70. The molecule has 1 heterocycles. The zero-order chi connectivity index (χ0) is 16.1. The fraction of sp³-hybridized carbons (Fsp3) is 0.875. The highest BCUT2D eigenvalue weighted by molar-refractivity contribution is 5.70. The summed E-state index contributed by atoms with van der Waals surface area (Å²) >= 11 is 0. The Balaban J connectivity index is 0.000000491. The van der Waals surface area contributed by atoms with E-state index in [1.54, 1.807) is 12.0 Å². The van der Waals surface area contributed by atoms with E-state index in [4.69, 9.17) is 4.74 Å². The van der Waals surface area contributed by atoms with Crippen molar-refractivity contribution in [1.29, 1.82) is 0 Å². The molecule has 0 aromatic rings. The van der Waals surface area contributed by atoms with Crippen LogP contribution in [0.15, 0.2) is 0 Å². The van der Waals surface area contributed by atoms with Crippen molar-refractivity contribution in [2.45, 2.75) is 52.6 Å². The highest BCUT2D eigenvalue weighted by Gasteiger charge is 2.52. The van der Waals surface area contributed by atoms with Gasteiger partial charge in [-0.15, -0.1) is 0 Å². The van der Waals surface area contributed by atoms with Gasteiger partial charge in [-0.05, 0) is 46.0 Å². The highest BCUT2D eigenvalue weighted by Crippen LogP contribution is 2.51. The highest BCUT2D eigenvalue weighted by atomic mass is 16.6. The second-order valence-corrected chi connectivity index (χ2v) is 6.90. The summed E-state index contributed by atoms with van der Waals surface area (Å²) in [4.78, 5) is 24.7. The van der Waals surface area contributed by atoms with E-state index in [-0.39, 0.29) is 17.4 Å². The molecule has 1 aliphatic heterocycles. The Morgan fingerprint density at radius 3 is 2.24 bits per heavy atom. The number of ether oxygens (including phenoxy) is 2. The van der Waals surface area contributed by atoms with Gasteiger partial charge in [-0.1, -0.05) is 6.42 Å². The Labute approximate surface area is 128 Å². The van der Waals surface area contributed by atoms with E-state index in [9.17, 15) is 9.59 Å². The van der Waals surface area contributed by atoms with Crippen LogP contribution < -0.4 is 0 Å². The molecule has 0 radical (unpaired) electrons. The Kier molecular flexibility index (Phi) is 6.20. The SMILES string of the molecule is CC(C)(C)OC(=O)N1CC(C=O)C2(CCC2)C1.CCOC. The lowest BCUT2D eigenvalue weighted by Crippen LogP contribution is -2.40. The van der Waals surface area contributed by atoms with Crippen LogP contribution in [0.5, 0.6) is 0 Å². The quantitative estimate of drug-likeness (QED) is 0.736. The molecule has 2 fully saturated rings. The lowest BCUT2D eigenvalue weighted by atomic mass is 9.63. The first-order valence-corrected chi connectivity index (χ1v) is 7.70. The lowest BCUT2D eigenvalue weighted by molar-refractivity contribution is -0.115. The number of aldehydes is 1. The predicted octanol–water partition coefficient (Wildman–Crippen LogP) is 2.88. The average molecular weight is 299 g/mol. The van der Waals surface area contributed by atoms with Crippen molar-refractivity contribution in [2.75, 3.05) is 26.8 Å². The number of nitrogens with zero attached hydrogens (tertiary/aromatic N) is 1. The largest absolute Gasteiger partial charge is 0.444 e. The standard InChI is InChI=1S/C13H21NO3.C3H8O/c1-12(2,3)17-11(16)14-7-10(8-15)13(9-14)5-4-6-13;1-3-4-2/h8,10H,4-7,9H2,1-3H3;3H2,1-2H3. The van der Waals surface area contributed by atoms with Gasteiger partial charge in [0.25, 0.3) is 0 Å². The fourth-order valence-corrected chi connectivity index (χ4v) is 2.81. The molecule has 2 aliphatic rings. The summed E-state index contributed by atoms with van der Waals surface area (Å²) in [6, 6.07) is 0. The first-order chi connectivity index (χ1) is 9.78. The summed E-state index contributed by atoms with van der Waals surface area (Å²) < 4.78 is 9.89. The van der Waals surface area contributed by atoms with Gasteiger partial charge >= 0.3 is 6.09 Å². The topological polar surface area (TPSA) is 55.8 Å². The number of methoxy groups -OCH3 is 1. The molecule has 5 heteroatoms.